The molecular weight excluding hydrogens is 192 g/mol. The van der Waals surface area contributed by atoms with Crippen molar-refractivity contribution in [2.24, 2.45) is 0 Å². The number of unbranched alkanes of at least 4 members (excludes halogenated alkanes) is 6. The predicted octanol–water partition coefficient (Wildman–Crippen LogP) is 2.66. The second-order valence-corrected chi connectivity index (χ2v) is 3.82. The molecule has 0 aliphatic heterocycles. The van der Waals surface area contributed by atoms with Crippen LogP contribution in [0, 0.1) is 0 Å². The lowest BCUT2D eigenvalue weighted by atomic mass is 10.1. The highest BCUT2D eigenvalue weighted by Crippen LogP contribution is 2.06. The molecule has 0 bridgehead atoms. The van der Waals surface area contributed by atoms with Gasteiger partial charge in [0.15, 0.2) is 0 Å². The number of carbonyl (C=O) groups excluding carboxylic acids is 1. The Labute approximate surface area is 92.8 Å². The zero-order valence-corrected chi connectivity index (χ0v) is 9.83. The molecule has 0 rings (SSSR count). The zero-order valence-electron chi connectivity index (χ0n) is 9.83. The fraction of sp³-hybridized carbons (Fsp3) is 0.917. The van der Waals surface area contributed by atoms with Crippen molar-refractivity contribution in [2.75, 3.05) is 13.2 Å². The van der Waals surface area contributed by atoms with Crippen molar-refractivity contribution < 1.29 is 14.6 Å². The van der Waals surface area contributed by atoms with E-state index in [-0.39, 0.29) is 19.0 Å². The van der Waals surface area contributed by atoms with E-state index in [0.29, 0.717) is 6.61 Å². The fourth-order valence-corrected chi connectivity index (χ4v) is 1.41. The third kappa shape index (κ3) is 11.4. The largest absolute Gasteiger partial charge is 0.466 e. The summed E-state index contributed by atoms with van der Waals surface area (Å²) in [7, 11) is 0. The van der Waals surface area contributed by atoms with Gasteiger partial charge in [-0.05, 0) is 6.42 Å². The van der Waals surface area contributed by atoms with Crippen LogP contribution in [-0.2, 0) is 9.53 Å². The first kappa shape index (κ1) is 14.4. The number of esters is 1. The van der Waals surface area contributed by atoms with Crippen LogP contribution in [0.4, 0.5) is 0 Å². The van der Waals surface area contributed by atoms with E-state index in [9.17, 15) is 4.79 Å². The Balaban J connectivity index is 3.01. The summed E-state index contributed by atoms with van der Waals surface area (Å²) >= 11 is 0. The van der Waals surface area contributed by atoms with Gasteiger partial charge in [0.2, 0.25) is 0 Å². The summed E-state index contributed by atoms with van der Waals surface area (Å²) in [6.07, 6.45) is 8.65. The summed E-state index contributed by atoms with van der Waals surface area (Å²) < 4.78 is 4.91. The summed E-state index contributed by atoms with van der Waals surface area (Å²) in [5.74, 6) is -0.288. The molecule has 0 aromatic carbocycles. The van der Waals surface area contributed by atoms with Crippen LogP contribution in [0.15, 0.2) is 0 Å². The Kier molecular flexibility index (Phi) is 11.1. The summed E-state index contributed by atoms with van der Waals surface area (Å²) in [6, 6.07) is 0. The lowest BCUT2D eigenvalue weighted by Gasteiger charge is -2.03. The normalized spacial score (nSPS) is 10.3. The minimum absolute atomic E-state index is 0.115. The van der Waals surface area contributed by atoms with Gasteiger partial charge < -0.3 is 9.84 Å². The van der Waals surface area contributed by atoms with Crippen LogP contribution in [0.5, 0.6) is 0 Å². The van der Waals surface area contributed by atoms with Crippen molar-refractivity contribution >= 4 is 5.97 Å². The predicted molar refractivity (Wildman–Crippen MR) is 60.7 cm³/mol. The fourth-order valence-electron chi connectivity index (χ4n) is 1.41. The third-order valence-corrected chi connectivity index (χ3v) is 2.33. The summed E-state index contributed by atoms with van der Waals surface area (Å²) in [6.45, 7) is 2.60. The average molecular weight is 216 g/mol. The molecule has 0 spiro atoms. The third-order valence-electron chi connectivity index (χ3n) is 2.33. The smallest absolute Gasteiger partial charge is 0.308 e. The number of carbonyl (C=O) groups is 1. The quantitative estimate of drug-likeness (QED) is 0.451. The summed E-state index contributed by atoms with van der Waals surface area (Å²) in [5.41, 5.74) is 0. The maximum absolute atomic E-state index is 10.8. The minimum Gasteiger partial charge on any atom is -0.466 e. The van der Waals surface area contributed by atoms with E-state index in [4.69, 9.17) is 9.84 Å². The average Bonchev–Trinajstić information content (AvgIpc) is 2.22. The lowest BCUT2D eigenvalue weighted by Crippen LogP contribution is -2.07. The van der Waals surface area contributed by atoms with Gasteiger partial charge >= 0.3 is 5.97 Å². The highest BCUT2D eigenvalue weighted by atomic mass is 16.5. The molecule has 0 atom stereocenters. The molecule has 0 radical (unpaired) electrons. The van der Waals surface area contributed by atoms with Crippen molar-refractivity contribution in [3.05, 3.63) is 0 Å². The monoisotopic (exact) mass is 216 g/mol. The molecule has 0 unspecified atom stereocenters. The number of hydrogen-bond donors (Lipinski definition) is 1. The van der Waals surface area contributed by atoms with Crippen molar-refractivity contribution in [3.8, 4) is 0 Å². The van der Waals surface area contributed by atoms with Crippen molar-refractivity contribution in [1.82, 2.24) is 0 Å². The van der Waals surface area contributed by atoms with Gasteiger partial charge in [0.1, 0.15) is 0 Å². The first-order valence-corrected chi connectivity index (χ1v) is 6.07. The molecule has 0 aliphatic carbocycles. The number of aliphatic hydroxyl groups is 1. The van der Waals surface area contributed by atoms with Gasteiger partial charge in [-0.15, -0.1) is 0 Å². The molecule has 1 N–H and O–H groups in total. The molecule has 0 saturated carbocycles. The number of hydrogen-bond acceptors (Lipinski definition) is 3. The summed E-state index contributed by atoms with van der Waals surface area (Å²) in [5, 5.41) is 8.46. The zero-order chi connectivity index (χ0) is 11.4. The Morgan fingerprint density at radius 3 is 2.27 bits per heavy atom. The molecule has 3 heteroatoms. The van der Waals surface area contributed by atoms with Crippen LogP contribution in [0.1, 0.15) is 58.3 Å². The molecule has 0 saturated heterocycles. The van der Waals surface area contributed by atoms with E-state index >= 15 is 0 Å². The molecule has 0 aliphatic rings. The van der Waals surface area contributed by atoms with Gasteiger partial charge in [-0.3, -0.25) is 4.79 Å². The van der Waals surface area contributed by atoms with Crippen LogP contribution in [-0.4, -0.2) is 24.3 Å². The van der Waals surface area contributed by atoms with Crippen LogP contribution in [0.2, 0.25) is 0 Å². The second-order valence-electron chi connectivity index (χ2n) is 3.82. The van der Waals surface area contributed by atoms with E-state index in [1.807, 2.05) is 0 Å². The first-order chi connectivity index (χ1) is 7.31. The van der Waals surface area contributed by atoms with E-state index in [0.717, 1.165) is 12.8 Å². The van der Waals surface area contributed by atoms with Gasteiger partial charge in [-0.25, -0.2) is 0 Å². The number of aliphatic hydroxyl groups excluding tert-OH is 1. The highest BCUT2D eigenvalue weighted by molar-refractivity contribution is 5.69. The van der Waals surface area contributed by atoms with Crippen molar-refractivity contribution in [1.29, 1.82) is 0 Å². The van der Waals surface area contributed by atoms with E-state index < -0.39 is 0 Å². The van der Waals surface area contributed by atoms with Gasteiger partial charge in [-0.1, -0.05) is 45.4 Å². The molecule has 15 heavy (non-hydrogen) atoms. The Hall–Kier alpha value is -0.570. The number of rotatable bonds is 10. The Bertz CT molecular complexity index is 146. The number of ether oxygens (including phenoxy) is 1. The lowest BCUT2D eigenvalue weighted by molar-refractivity contribution is -0.144. The summed E-state index contributed by atoms with van der Waals surface area (Å²) in [4.78, 5) is 10.8. The Morgan fingerprint density at radius 2 is 1.67 bits per heavy atom. The maximum Gasteiger partial charge on any atom is 0.308 e. The van der Waals surface area contributed by atoms with Crippen molar-refractivity contribution in [3.63, 3.8) is 0 Å². The highest BCUT2D eigenvalue weighted by Gasteiger charge is 1.99. The topological polar surface area (TPSA) is 46.5 Å². The Morgan fingerprint density at radius 1 is 1.07 bits per heavy atom. The van der Waals surface area contributed by atoms with Crippen LogP contribution < -0.4 is 0 Å². The molecule has 0 amide bonds. The van der Waals surface area contributed by atoms with Gasteiger partial charge in [-0.2, -0.15) is 0 Å². The molecule has 0 fully saturated rings. The maximum atomic E-state index is 10.8. The van der Waals surface area contributed by atoms with Crippen LogP contribution in [0.3, 0.4) is 0 Å². The molecule has 0 heterocycles. The molecular formula is C12H24O3. The van der Waals surface area contributed by atoms with E-state index in [1.54, 1.807) is 0 Å². The van der Waals surface area contributed by atoms with Gasteiger partial charge in [0.05, 0.1) is 19.6 Å². The second kappa shape index (κ2) is 11.5. The molecule has 0 aromatic heterocycles. The van der Waals surface area contributed by atoms with Crippen LogP contribution >= 0.6 is 0 Å². The van der Waals surface area contributed by atoms with Crippen LogP contribution in [0.25, 0.3) is 0 Å². The van der Waals surface area contributed by atoms with E-state index in [2.05, 4.69) is 6.92 Å². The first-order valence-electron chi connectivity index (χ1n) is 6.07. The standard InChI is InChI=1S/C12H24O3/c1-2-3-4-5-6-7-8-11-15-12(14)9-10-13/h13H,2-11H2,1H3. The molecule has 0 aromatic rings. The van der Waals surface area contributed by atoms with E-state index in [1.165, 1.54) is 32.1 Å². The van der Waals surface area contributed by atoms with Gasteiger partial charge in [0.25, 0.3) is 0 Å². The van der Waals surface area contributed by atoms with Crippen molar-refractivity contribution in [2.45, 2.75) is 58.3 Å². The molecule has 90 valence electrons. The minimum atomic E-state index is -0.288. The molecule has 3 nitrogen and oxygen atoms in total. The van der Waals surface area contributed by atoms with Gasteiger partial charge in [0, 0.05) is 0 Å². The SMILES string of the molecule is CCCCCCCCCOC(=O)CCO.